The van der Waals surface area contributed by atoms with Crippen molar-refractivity contribution in [3.8, 4) is 0 Å². The Kier molecular flexibility index (Phi) is 4.21. The topological polar surface area (TPSA) is 49.8 Å². The number of carbonyl (C=O) groups excluding carboxylic acids is 1. The molecule has 1 aliphatic rings. The molecule has 0 aliphatic carbocycles. The lowest BCUT2D eigenvalue weighted by Crippen LogP contribution is -2.55. The SMILES string of the molecule is CC(C)O[C@H]1CCN(C(=O)CO)CC1(F)F. The molecule has 0 saturated carbocycles. The van der Waals surface area contributed by atoms with Crippen LogP contribution in [0.15, 0.2) is 0 Å². The normalized spacial score (nSPS) is 24.9. The molecule has 1 fully saturated rings. The van der Waals surface area contributed by atoms with E-state index in [-0.39, 0.29) is 19.1 Å². The zero-order valence-corrected chi connectivity index (χ0v) is 9.45. The number of halogens is 2. The highest BCUT2D eigenvalue weighted by Crippen LogP contribution is 2.30. The third-order valence-electron chi connectivity index (χ3n) is 2.46. The molecule has 0 radical (unpaired) electrons. The molecule has 0 unspecified atom stereocenters. The lowest BCUT2D eigenvalue weighted by atomic mass is 10.0. The first kappa shape index (κ1) is 13.3. The van der Waals surface area contributed by atoms with E-state index in [4.69, 9.17) is 9.84 Å². The second-order valence-corrected chi connectivity index (χ2v) is 4.20. The van der Waals surface area contributed by atoms with Gasteiger partial charge in [0.2, 0.25) is 5.91 Å². The van der Waals surface area contributed by atoms with E-state index in [0.717, 1.165) is 4.90 Å². The molecule has 94 valence electrons. The number of nitrogens with zero attached hydrogens (tertiary/aromatic N) is 1. The van der Waals surface area contributed by atoms with Crippen molar-refractivity contribution in [2.75, 3.05) is 19.7 Å². The minimum Gasteiger partial charge on any atom is -0.387 e. The Balaban J connectivity index is 2.61. The largest absolute Gasteiger partial charge is 0.387 e. The molecule has 1 heterocycles. The molecule has 1 atom stereocenters. The number of aliphatic hydroxyl groups is 1. The van der Waals surface area contributed by atoms with Gasteiger partial charge in [-0.25, -0.2) is 8.78 Å². The number of aliphatic hydroxyl groups excluding tert-OH is 1. The number of amides is 1. The van der Waals surface area contributed by atoms with E-state index < -0.39 is 31.1 Å². The maximum atomic E-state index is 13.6. The van der Waals surface area contributed by atoms with Gasteiger partial charge in [0.1, 0.15) is 12.7 Å². The van der Waals surface area contributed by atoms with Gasteiger partial charge in [-0.2, -0.15) is 0 Å². The summed E-state index contributed by atoms with van der Waals surface area (Å²) in [6.07, 6.45) is -1.32. The molecule has 1 aliphatic heterocycles. The monoisotopic (exact) mass is 237 g/mol. The van der Waals surface area contributed by atoms with Crippen LogP contribution < -0.4 is 0 Å². The van der Waals surface area contributed by atoms with Crippen molar-refractivity contribution in [1.29, 1.82) is 0 Å². The summed E-state index contributed by atoms with van der Waals surface area (Å²) in [5, 5.41) is 8.60. The molecule has 4 nitrogen and oxygen atoms in total. The zero-order chi connectivity index (χ0) is 12.3. The molecule has 6 heteroatoms. The third kappa shape index (κ3) is 3.12. The summed E-state index contributed by atoms with van der Waals surface area (Å²) in [6.45, 7) is 2.19. The van der Waals surface area contributed by atoms with Gasteiger partial charge < -0.3 is 14.7 Å². The summed E-state index contributed by atoms with van der Waals surface area (Å²) in [7, 11) is 0. The molecule has 1 N–H and O–H groups in total. The molecular formula is C10H17F2NO3. The van der Waals surface area contributed by atoms with Gasteiger partial charge in [-0.1, -0.05) is 0 Å². The standard InChI is InChI=1S/C10H17F2NO3/c1-7(2)16-8-3-4-13(9(15)5-14)6-10(8,11)12/h7-8,14H,3-6H2,1-2H3/t8-/m0/s1. The summed E-state index contributed by atoms with van der Waals surface area (Å²) in [6, 6.07) is 0. The van der Waals surface area contributed by atoms with Crippen LogP contribution >= 0.6 is 0 Å². The number of likely N-dealkylation sites (tertiary alicyclic amines) is 1. The van der Waals surface area contributed by atoms with Gasteiger partial charge in [0, 0.05) is 6.54 Å². The van der Waals surface area contributed by atoms with E-state index in [1.54, 1.807) is 13.8 Å². The van der Waals surface area contributed by atoms with Crippen LogP contribution in [-0.2, 0) is 9.53 Å². The van der Waals surface area contributed by atoms with Crippen LogP contribution in [0, 0.1) is 0 Å². The third-order valence-corrected chi connectivity index (χ3v) is 2.46. The maximum Gasteiger partial charge on any atom is 0.290 e. The fourth-order valence-electron chi connectivity index (χ4n) is 1.73. The van der Waals surface area contributed by atoms with E-state index >= 15 is 0 Å². The van der Waals surface area contributed by atoms with E-state index in [2.05, 4.69) is 0 Å². The Labute approximate surface area is 93.2 Å². The average molecular weight is 237 g/mol. The molecule has 0 aromatic rings. The first-order valence-corrected chi connectivity index (χ1v) is 5.28. The highest BCUT2D eigenvalue weighted by atomic mass is 19.3. The second kappa shape index (κ2) is 5.05. The molecule has 0 bridgehead atoms. The fraction of sp³-hybridized carbons (Fsp3) is 0.900. The minimum absolute atomic E-state index is 0.0942. The van der Waals surface area contributed by atoms with Crippen molar-refractivity contribution in [2.45, 2.75) is 38.4 Å². The Morgan fingerprint density at radius 1 is 1.62 bits per heavy atom. The van der Waals surface area contributed by atoms with E-state index in [1.807, 2.05) is 0 Å². The van der Waals surface area contributed by atoms with Crippen molar-refractivity contribution in [2.24, 2.45) is 0 Å². The van der Waals surface area contributed by atoms with Crippen LogP contribution in [0.2, 0.25) is 0 Å². The molecule has 0 spiro atoms. The lowest BCUT2D eigenvalue weighted by Gasteiger charge is -2.38. The average Bonchev–Trinajstić information content (AvgIpc) is 2.19. The Hall–Kier alpha value is -0.750. The van der Waals surface area contributed by atoms with Crippen LogP contribution in [0.1, 0.15) is 20.3 Å². The summed E-state index contributed by atoms with van der Waals surface area (Å²) in [5.74, 6) is -3.71. The minimum atomic E-state index is -3.05. The number of piperidine rings is 1. The summed E-state index contributed by atoms with van der Waals surface area (Å²) in [4.78, 5) is 12.1. The molecule has 1 saturated heterocycles. The van der Waals surface area contributed by atoms with Gasteiger partial charge in [-0.05, 0) is 20.3 Å². The van der Waals surface area contributed by atoms with Crippen LogP contribution in [0.25, 0.3) is 0 Å². The first-order valence-electron chi connectivity index (χ1n) is 5.28. The van der Waals surface area contributed by atoms with Crippen molar-refractivity contribution >= 4 is 5.91 Å². The van der Waals surface area contributed by atoms with Gasteiger partial charge in [0.15, 0.2) is 0 Å². The van der Waals surface area contributed by atoms with Crippen LogP contribution in [0.3, 0.4) is 0 Å². The van der Waals surface area contributed by atoms with E-state index in [0.29, 0.717) is 0 Å². The maximum absolute atomic E-state index is 13.6. The van der Waals surface area contributed by atoms with Crippen molar-refractivity contribution < 1.29 is 23.4 Å². The van der Waals surface area contributed by atoms with Crippen molar-refractivity contribution in [1.82, 2.24) is 4.90 Å². The predicted octanol–water partition coefficient (Wildman–Crippen LogP) is 0.640. The predicted molar refractivity (Wildman–Crippen MR) is 53.2 cm³/mol. The van der Waals surface area contributed by atoms with Crippen LogP contribution in [0.4, 0.5) is 8.78 Å². The Morgan fingerprint density at radius 2 is 2.25 bits per heavy atom. The van der Waals surface area contributed by atoms with Crippen LogP contribution in [0.5, 0.6) is 0 Å². The smallest absolute Gasteiger partial charge is 0.290 e. The summed E-state index contributed by atoms with van der Waals surface area (Å²) in [5.41, 5.74) is 0. The van der Waals surface area contributed by atoms with Crippen molar-refractivity contribution in [3.63, 3.8) is 0 Å². The molecule has 1 rings (SSSR count). The van der Waals surface area contributed by atoms with Crippen molar-refractivity contribution in [3.05, 3.63) is 0 Å². The number of rotatable bonds is 3. The zero-order valence-electron chi connectivity index (χ0n) is 9.45. The number of carbonyl (C=O) groups is 1. The number of hydrogen-bond acceptors (Lipinski definition) is 3. The molecule has 0 aromatic heterocycles. The number of hydrogen-bond donors (Lipinski definition) is 1. The summed E-state index contributed by atoms with van der Waals surface area (Å²) < 4.78 is 32.3. The van der Waals surface area contributed by atoms with Gasteiger partial charge in [-0.15, -0.1) is 0 Å². The molecular weight excluding hydrogens is 220 g/mol. The van der Waals surface area contributed by atoms with Gasteiger partial charge in [0.25, 0.3) is 5.92 Å². The quantitative estimate of drug-likeness (QED) is 0.783. The number of alkyl halides is 2. The van der Waals surface area contributed by atoms with E-state index in [9.17, 15) is 13.6 Å². The van der Waals surface area contributed by atoms with Crippen LogP contribution in [-0.4, -0.2) is 53.7 Å². The molecule has 0 aromatic carbocycles. The summed E-state index contributed by atoms with van der Waals surface area (Å²) >= 11 is 0. The molecule has 16 heavy (non-hydrogen) atoms. The van der Waals surface area contributed by atoms with Gasteiger partial charge in [-0.3, -0.25) is 4.79 Å². The first-order chi connectivity index (χ1) is 7.36. The van der Waals surface area contributed by atoms with Gasteiger partial charge in [0.05, 0.1) is 12.6 Å². The highest BCUT2D eigenvalue weighted by molar-refractivity contribution is 5.77. The Bertz CT molecular complexity index is 258. The Morgan fingerprint density at radius 3 is 2.69 bits per heavy atom. The van der Waals surface area contributed by atoms with Gasteiger partial charge >= 0.3 is 0 Å². The highest BCUT2D eigenvalue weighted by Gasteiger charge is 2.46. The fourth-order valence-corrected chi connectivity index (χ4v) is 1.73. The second-order valence-electron chi connectivity index (χ2n) is 4.20. The van der Waals surface area contributed by atoms with E-state index in [1.165, 1.54) is 0 Å². The lowest BCUT2D eigenvalue weighted by molar-refractivity contribution is -0.190. The number of ether oxygens (including phenoxy) is 1. The molecule has 1 amide bonds.